The summed E-state index contributed by atoms with van der Waals surface area (Å²) >= 11 is 0. The molecule has 0 aromatic heterocycles. The normalized spacial score (nSPS) is 15.6. The zero-order valence-corrected chi connectivity index (χ0v) is 21.3. The SMILES string of the molecule is CC(C)C(NS(=O)(=O)CCCCc1ccccc1)P(=O)(O)CC(C(=O)O)c1cccc(CN)c1. The Labute approximate surface area is 202 Å². The fourth-order valence-corrected chi connectivity index (χ4v) is 8.36. The fourth-order valence-electron chi connectivity index (χ4n) is 3.83. The summed E-state index contributed by atoms with van der Waals surface area (Å²) in [6, 6.07) is 16.3. The van der Waals surface area contributed by atoms with E-state index in [1.807, 2.05) is 30.3 Å². The summed E-state index contributed by atoms with van der Waals surface area (Å²) < 4.78 is 41.1. The molecule has 0 bridgehead atoms. The maximum absolute atomic E-state index is 13.3. The third-order valence-corrected chi connectivity index (χ3v) is 9.77. The number of aliphatic carboxylic acids is 1. The van der Waals surface area contributed by atoms with Crippen LogP contribution in [0.2, 0.25) is 0 Å². The molecular weight excluding hydrogens is 475 g/mol. The summed E-state index contributed by atoms with van der Waals surface area (Å²) in [7, 11) is -8.08. The molecule has 10 heteroatoms. The van der Waals surface area contributed by atoms with Crippen LogP contribution in [0, 0.1) is 5.92 Å². The van der Waals surface area contributed by atoms with Gasteiger partial charge in [0.1, 0.15) is 5.78 Å². The first kappa shape index (κ1) is 28.2. The number of hydrogen-bond acceptors (Lipinski definition) is 5. The van der Waals surface area contributed by atoms with Gasteiger partial charge in [-0.2, -0.15) is 0 Å². The van der Waals surface area contributed by atoms with E-state index in [1.165, 1.54) is 0 Å². The lowest BCUT2D eigenvalue weighted by molar-refractivity contribution is -0.138. The lowest BCUT2D eigenvalue weighted by Gasteiger charge is -2.29. The van der Waals surface area contributed by atoms with Crippen LogP contribution in [-0.2, 0) is 32.3 Å². The van der Waals surface area contributed by atoms with Crippen molar-refractivity contribution in [1.29, 1.82) is 0 Å². The molecule has 2 aromatic rings. The second-order valence-electron chi connectivity index (χ2n) is 8.85. The van der Waals surface area contributed by atoms with Crippen molar-refractivity contribution >= 4 is 23.4 Å². The van der Waals surface area contributed by atoms with Crippen LogP contribution >= 0.6 is 7.37 Å². The summed E-state index contributed by atoms with van der Waals surface area (Å²) in [5.74, 6) is -4.50. The number of carboxylic acids is 1. The summed E-state index contributed by atoms with van der Waals surface area (Å²) in [6.07, 6.45) is 1.21. The second kappa shape index (κ2) is 12.6. The number of hydrogen-bond donors (Lipinski definition) is 4. The Balaban J connectivity index is 2.09. The molecule has 34 heavy (non-hydrogen) atoms. The van der Waals surface area contributed by atoms with Crippen molar-refractivity contribution in [2.45, 2.75) is 51.4 Å². The monoisotopic (exact) mass is 510 g/mol. The van der Waals surface area contributed by atoms with Crippen LogP contribution < -0.4 is 10.5 Å². The number of carbonyl (C=O) groups is 1. The van der Waals surface area contributed by atoms with E-state index in [4.69, 9.17) is 5.73 Å². The number of sulfonamides is 1. The Hall–Kier alpha value is -2.03. The van der Waals surface area contributed by atoms with Gasteiger partial charge in [-0.25, -0.2) is 13.1 Å². The van der Waals surface area contributed by atoms with Gasteiger partial charge in [0, 0.05) is 12.7 Å². The van der Waals surface area contributed by atoms with Crippen LogP contribution in [0.1, 0.15) is 49.3 Å². The summed E-state index contributed by atoms with van der Waals surface area (Å²) in [5, 5.41) is 9.74. The van der Waals surface area contributed by atoms with Crippen molar-refractivity contribution in [2.24, 2.45) is 11.7 Å². The van der Waals surface area contributed by atoms with Crippen molar-refractivity contribution in [3.05, 3.63) is 71.3 Å². The van der Waals surface area contributed by atoms with Gasteiger partial charge in [-0.15, -0.1) is 0 Å². The lowest BCUT2D eigenvalue weighted by Crippen LogP contribution is -2.40. The molecule has 0 heterocycles. The minimum absolute atomic E-state index is 0.177. The first-order valence-electron chi connectivity index (χ1n) is 11.3. The molecule has 0 spiro atoms. The van der Waals surface area contributed by atoms with Crippen LogP contribution in [-0.4, -0.2) is 42.1 Å². The molecular formula is C24H35N2O6PS. The van der Waals surface area contributed by atoms with Crippen LogP contribution in [0.25, 0.3) is 0 Å². The maximum Gasteiger partial charge on any atom is 0.311 e. The number of nitrogens with two attached hydrogens (primary N) is 1. The third-order valence-electron chi connectivity index (χ3n) is 5.67. The number of aryl methyl sites for hydroxylation is 1. The summed E-state index contributed by atoms with van der Waals surface area (Å²) in [6.45, 7) is 3.47. The molecule has 2 rings (SSSR count). The highest BCUT2D eigenvalue weighted by atomic mass is 32.2. The minimum Gasteiger partial charge on any atom is -0.481 e. The van der Waals surface area contributed by atoms with Gasteiger partial charge in [0.05, 0.1) is 11.7 Å². The molecule has 2 aromatic carbocycles. The quantitative estimate of drug-likeness (QED) is 0.225. The van der Waals surface area contributed by atoms with E-state index in [0.29, 0.717) is 24.0 Å². The van der Waals surface area contributed by atoms with E-state index in [2.05, 4.69) is 4.72 Å². The Bertz CT molecular complexity index is 1090. The van der Waals surface area contributed by atoms with Crippen LogP contribution in [0.5, 0.6) is 0 Å². The van der Waals surface area contributed by atoms with Gasteiger partial charge in [-0.3, -0.25) is 9.36 Å². The predicted molar refractivity (Wildman–Crippen MR) is 134 cm³/mol. The van der Waals surface area contributed by atoms with Gasteiger partial charge in [0.2, 0.25) is 17.4 Å². The van der Waals surface area contributed by atoms with Crippen LogP contribution in [0.4, 0.5) is 0 Å². The van der Waals surface area contributed by atoms with E-state index >= 15 is 0 Å². The van der Waals surface area contributed by atoms with Gasteiger partial charge in [-0.05, 0) is 41.9 Å². The smallest absolute Gasteiger partial charge is 0.311 e. The number of unbranched alkanes of at least 4 members (excludes halogenated alkanes) is 1. The van der Waals surface area contributed by atoms with Gasteiger partial charge in [-0.1, -0.05) is 68.4 Å². The van der Waals surface area contributed by atoms with Gasteiger partial charge < -0.3 is 15.7 Å². The Morgan fingerprint density at radius 3 is 2.29 bits per heavy atom. The second-order valence-corrected chi connectivity index (χ2v) is 13.2. The molecule has 0 saturated carbocycles. The average molecular weight is 511 g/mol. The predicted octanol–water partition coefficient (Wildman–Crippen LogP) is 3.51. The molecule has 0 saturated heterocycles. The molecule has 0 aliphatic rings. The highest BCUT2D eigenvalue weighted by molar-refractivity contribution is 7.89. The highest BCUT2D eigenvalue weighted by Gasteiger charge is 2.40. The molecule has 5 N–H and O–H groups in total. The molecule has 0 fully saturated rings. The van der Waals surface area contributed by atoms with E-state index in [1.54, 1.807) is 38.1 Å². The van der Waals surface area contributed by atoms with Crippen molar-refractivity contribution < 1.29 is 27.8 Å². The molecule has 0 amide bonds. The Morgan fingerprint density at radius 2 is 1.71 bits per heavy atom. The summed E-state index contributed by atoms with van der Waals surface area (Å²) in [4.78, 5) is 22.8. The van der Waals surface area contributed by atoms with E-state index in [-0.39, 0.29) is 12.3 Å². The Kier molecular flexibility index (Phi) is 10.5. The molecule has 0 radical (unpaired) electrons. The van der Waals surface area contributed by atoms with Gasteiger partial charge in [0.15, 0.2) is 0 Å². The zero-order chi connectivity index (χ0) is 25.4. The van der Waals surface area contributed by atoms with Crippen molar-refractivity contribution in [3.63, 3.8) is 0 Å². The number of nitrogens with one attached hydrogen (secondary N) is 1. The number of benzene rings is 2. The van der Waals surface area contributed by atoms with Crippen LogP contribution in [0.3, 0.4) is 0 Å². The molecule has 0 aliphatic carbocycles. The van der Waals surface area contributed by atoms with E-state index in [0.717, 1.165) is 12.0 Å². The fraction of sp³-hybridized carbons (Fsp3) is 0.458. The molecule has 3 atom stereocenters. The Morgan fingerprint density at radius 1 is 1.06 bits per heavy atom. The maximum atomic E-state index is 13.3. The standard InChI is InChI=1S/C24H35N2O6PS/c1-18(2)23(26-34(31,32)14-7-6-11-19-9-4-3-5-10-19)33(29,30)17-22(24(27)28)21-13-8-12-20(15-21)16-25/h3-5,8-10,12-13,15,18,22-23,26H,6-7,11,14,16-17,25H2,1-2H3,(H,27,28)(H,29,30). The number of carboxylic acid groups (broad SMARTS) is 1. The highest BCUT2D eigenvalue weighted by Crippen LogP contribution is 2.51. The molecule has 188 valence electrons. The van der Waals surface area contributed by atoms with Crippen molar-refractivity contribution in [1.82, 2.24) is 4.72 Å². The minimum atomic E-state index is -4.24. The number of rotatable bonds is 14. The molecule has 0 aliphatic heterocycles. The van der Waals surface area contributed by atoms with Crippen molar-refractivity contribution in [3.8, 4) is 0 Å². The van der Waals surface area contributed by atoms with E-state index < -0.39 is 47.1 Å². The van der Waals surface area contributed by atoms with Crippen molar-refractivity contribution in [2.75, 3.05) is 11.9 Å². The summed E-state index contributed by atoms with van der Waals surface area (Å²) in [5.41, 5.74) is 7.81. The first-order valence-corrected chi connectivity index (χ1v) is 14.9. The zero-order valence-electron chi connectivity index (χ0n) is 19.6. The molecule has 3 unspecified atom stereocenters. The van der Waals surface area contributed by atoms with E-state index in [9.17, 15) is 27.8 Å². The first-order chi connectivity index (χ1) is 15.9. The lowest BCUT2D eigenvalue weighted by atomic mass is 9.99. The average Bonchev–Trinajstić information content (AvgIpc) is 2.79. The van der Waals surface area contributed by atoms with Crippen LogP contribution in [0.15, 0.2) is 54.6 Å². The van der Waals surface area contributed by atoms with Gasteiger partial charge >= 0.3 is 5.97 Å². The topological polar surface area (TPSA) is 147 Å². The molecule has 8 nitrogen and oxygen atoms in total. The van der Waals surface area contributed by atoms with Gasteiger partial charge in [0.25, 0.3) is 0 Å². The third kappa shape index (κ3) is 8.64. The largest absolute Gasteiger partial charge is 0.481 e.